The van der Waals surface area contributed by atoms with Gasteiger partial charge in [-0.3, -0.25) is 4.79 Å². The van der Waals surface area contributed by atoms with E-state index >= 15 is 0 Å². The Hall–Kier alpha value is -1.36. The third kappa shape index (κ3) is 2.34. The second-order valence-electron chi connectivity index (χ2n) is 4.54. The van der Waals surface area contributed by atoms with E-state index in [1.54, 1.807) is 11.8 Å². The second kappa shape index (κ2) is 4.87. The Morgan fingerprint density at radius 1 is 1.71 bits per heavy atom. The number of hydrogen-bond donors (Lipinski definition) is 1. The summed E-state index contributed by atoms with van der Waals surface area (Å²) in [5.74, 6) is 0.359. The summed E-state index contributed by atoms with van der Waals surface area (Å²) >= 11 is 0. The second-order valence-corrected chi connectivity index (χ2v) is 4.54. The fourth-order valence-electron chi connectivity index (χ4n) is 2.26. The Kier molecular flexibility index (Phi) is 3.47. The van der Waals surface area contributed by atoms with Gasteiger partial charge in [-0.15, -0.1) is 0 Å². The molecule has 5 nitrogen and oxygen atoms in total. The molecule has 1 aliphatic rings. The first-order valence-corrected chi connectivity index (χ1v) is 6.01. The Morgan fingerprint density at radius 3 is 3.06 bits per heavy atom. The molecular formula is C12H18N2O3. The maximum atomic E-state index is 12.2. The topological polar surface area (TPSA) is 66.6 Å². The first-order chi connectivity index (χ1) is 8.13. The molecule has 1 aliphatic heterocycles. The van der Waals surface area contributed by atoms with Crippen LogP contribution in [0.2, 0.25) is 0 Å². The number of aryl methyl sites for hydroxylation is 1. The number of piperidine rings is 1. The molecule has 0 aromatic carbocycles. The van der Waals surface area contributed by atoms with Crippen LogP contribution in [0.5, 0.6) is 0 Å². The van der Waals surface area contributed by atoms with Gasteiger partial charge in [-0.2, -0.15) is 0 Å². The molecule has 0 saturated carbocycles. The number of aromatic nitrogens is 1. The molecule has 1 aromatic rings. The number of amides is 1. The molecular weight excluding hydrogens is 220 g/mol. The Bertz CT molecular complexity index is 402. The number of carbonyl (C=O) groups is 1. The molecule has 1 fully saturated rings. The largest absolute Gasteiger partial charge is 0.438 e. The molecule has 1 amide bonds. The summed E-state index contributed by atoms with van der Waals surface area (Å²) in [5, 5.41) is 9.78. The highest BCUT2D eigenvalue weighted by molar-refractivity contribution is 5.92. The van der Waals surface area contributed by atoms with Crippen molar-refractivity contribution in [2.45, 2.75) is 32.8 Å². The van der Waals surface area contributed by atoms with Crippen molar-refractivity contribution in [1.82, 2.24) is 9.88 Å². The summed E-state index contributed by atoms with van der Waals surface area (Å²) in [6, 6.07) is 0. The van der Waals surface area contributed by atoms with Crippen molar-refractivity contribution in [1.29, 1.82) is 0 Å². The lowest BCUT2D eigenvalue weighted by molar-refractivity contribution is 0.0212. The van der Waals surface area contributed by atoms with Gasteiger partial charge < -0.3 is 14.4 Å². The zero-order chi connectivity index (χ0) is 12.4. The monoisotopic (exact) mass is 238 g/mol. The number of likely N-dealkylation sites (tertiary alicyclic amines) is 1. The molecule has 1 N–H and O–H groups in total. The smallest absolute Gasteiger partial charge is 0.291 e. The van der Waals surface area contributed by atoms with Gasteiger partial charge in [0.1, 0.15) is 0 Å². The minimum absolute atomic E-state index is 0.120. The maximum absolute atomic E-state index is 12.2. The molecule has 1 saturated heterocycles. The molecule has 94 valence electrons. The molecule has 5 heteroatoms. The van der Waals surface area contributed by atoms with Crippen molar-refractivity contribution in [2.75, 3.05) is 13.1 Å². The number of rotatable bonds is 2. The SMILES string of the molecule is CCC1CN(C(=O)c2ocnc2C)CCC1O. The molecule has 0 aliphatic carbocycles. The predicted octanol–water partition coefficient (Wildman–Crippen LogP) is 1.22. The van der Waals surface area contributed by atoms with E-state index < -0.39 is 0 Å². The van der Waals surface area contributed by atoms with Crippen molar-refractivity contribution < 1.29 is 14.3 Å². The fraction of sp³-hybridized carbons (Fsp3) is 0.667. The van der Waals surface area contributed by atoms with Crippen LogP contribution < -0.4 is 0 Å². The molecule has 0 bridgehead atoms. The highest BCUT2D eigenvalue weighted by atomic mass is 16.3. The molecule has 2 heterocycles. The standard InChI is InChI=1S/C12H18N2O3/c1-3-9-6-14(5-4-10(9)15)12(16)11-8(2)13-7-17-11/h7,9-10,15H,3-6H2,1-2H3. The van der Waals surface area contributed by atoms with Crippen LogP contribution in [0.15, 0.2) is 10.8 Å². The van der Waals surface area contributed by atoms with Crippen LogP contribution in [0.1, 0.15) is 36.0 Å². The van der Waals surface area contributed by atoms with Gasteiger partial charge in [-0.05, 0) is 19.8 Å². The van der Waals surface area contributed by atoms with Crippen LogP contribution >= 0.6 is 0 Å². The highest BCUT2D eigenvalue weighted by Crippen LogP contribution is 2.22. The molecule has 17 heavy (non-hydrogen) atoms. The van der Waals surface area contributed by atoms with Gasteiger partial charge in [-0.1, -0.05) is 6.92 Å². The van der Waals surface area contributed by atoms with Gasteiger partial charge in [-0.25, -0.2) is 4.98 Å². The van der Waals surface area contributed by atoms with E-state index in [1.165, 1.54) is 6.39 Å². The Balaban J connectivity index is 2.09. The lowest BCUT2D eigenvalue weighted by Crippen LogP contribution is -2.45. The Labute approximate surface area is 100 Å². The number of aliphatic hydroxyl groups excluding tert-OH is 1. The summed E-state index contributed by atoms with van der Waals surface area (Å²) < 4.78 is 5.11. The zero-order valence-corrected chi connectivity index (χ0v) is 10.2. The van der Waals surface area contributed by atoms with Crippen molar-refractivity contribution in [3.05, 3.63) is 17.8 Å². The van der Waals surface area contributed by atoms with Gasteiger partial charge in [0.05, 0.1) is 11.8 Å². The van der Waals surface area contributed by atoms with Crippen molar-refractivity contribution in [2.24, 2.45) is 5.92 Å². The molecule has 2 rings (SSSR count). The maximum Gasteiger partial charge on any atom is 0.291 e. The third-order valence-electron chi connectivity index (χ3n) is 3.45. The zero-order valence-electron chi connectivity index (χ0n) is 10.2. The fourth-order valence-corrected chi connectivity index (χ4v) is 2.26. The van der Waals surface area contributed by atoms with E-state index in [2.05, 4.69) is 4.98 Å². The summed E-state index contributed by atoms with van der Waals surface area (Å²) in [5.41, 5.74) is 0.620. The van der Waals surface area contributed by atoms with E-state index in [9.17, 15) is 9.90 Å². The molecule has 1 aromatic heterocycles. The number of aliphatic hydroxyl groups is 1. The minimum Gasteiger partial charge on any atom is -0.438 e. The van der Waals surface area contributed by atoms with Crippen LogP contribution in [-0.2, 0) is 0 Å². The average molecular weight is 238 g/mol. The number of nitrogens with zero attached hydrogens (tertiary/aromatic N) is 2. The van der Waals surface area contributed by atoms with E-state index in [0.29, 0.717) is 31.0 Å². The normalized spacial score (nSPS) is 25.0. The van der Waals surface area contributed by atoms with Gasteiger partial charge in [0.2, 0.25) is 5.76 Å². The van der Waals surface area contributed by atoms with Crippen LogP contribution in [0.25, 0.3) is 0 Å². The van der Waals surface area contributed by atoms with Crippen molar-refractivity contribution in [3.8, 4) is 0 Å². The summed E-state index contributed by atoms with van der Waals surface area (Å²) in [6.07, 6.45) is 2.51. The third-order valence-corrected chi connectivity index (χ3v) is 3.45. The van der Waals surface area contributed by atoms with Gasteiger partial charge >= 0.3 is 0 Å². The van der Waals surface area contributed by atoms with E-state index in [0.717, 1.165) is 6.42 Å². The highest BCUT2D eigenvalue weighted by Gasteiger charge is 2.31. The molecule has 2 unspecified atom stereocenters. The summed E-state index contributed by atoms with van der Waals surface area (Å²) in [4.78, 5) is 17.8. The molecule has 0 radical (unpaired) electrons. The number of carbonyl (C=O) groups excluding carboxylic acids is 1. The van der Waals surface area contributed by atoms with E-state index in [1.807, 2.05) is 6.92 Å². The molecule has 0 spiro atoms. The quantitative estimate of drug-likeness (QED) is 0.841. The number of oxazole rings is 1. The average Bonchev–Trinajstić information content (AvgIpc) is 2.75. The minimum atomic E-state index is -0.292. The van der Waals surface area contributed by atoms with Crippen molar-refractivity contribution >= 4 is 5.91 Å². The predicted molar refractivity (Wildman–Crippen MR) is 61.5 cm³/mol. The first kappa shape index (κ1) is 12.1. The summed E-state index contributed by atoms with van der Waals surface area (Å²) in [6.45, 7) is 4.96. The lowest BCUT2D eigenvalue weighted by Gasteiger charge is -2.35. The lowest BCUT2D eigenvalue weighted by atomic mass is 9.92. The molecule has 2 atom stereocenters. The number of hydrogen-bond acceptors (Lipinski definition) is 4. The van der Waals surface area contributed by atoms with Crippen LogP contribution in [0.4, 0.5) is 0 Å². The van der Waals surface area contributed by atoms with Crippen LogP contribution in [-0.4, -0.2) is 40.1 Å². The first-order valence-electron chi connectivity index (χ1n) is 6.01. The van der Waals surface area contributed by atoms with Crippen molar-refractivity contribution in [3.63, 3.8) is 0 Å². The van der Waals surface area contributed by atoms with Crippen LogP contribution in [0, 0.1) is 12.8 Å². The van der Waals surface area contributed by atoms with Gasteiger partial charge in [0.15, 0.2) is 6.39 Å². The Morgan fingerprint density at radius 2 is 2.47 bits per heavy atom. The van der Waals surface area contributed by atoms with E-state index in [-0.39, 0.29) is 17.9 Å². The van der Waals surface area contributed by atoms with Crippen LogP contribution in [0.3, 0.4) is 0 Å². The summed E-state index contributed by atoms with van der Waals surface area (Å²) in [7, 11) is 0. The van der Waals surface area contributed by atoms with Gasteiger partial charge in [0, 0.05) is 19.0 Å². The van der Waals surface area contributed by atoms with Gasteiger partial charge in [0.25, 0.3) is 5.91 Å². The van der Waals surface area contributed by atoms with E-state index in [4.69, 9.17) is 4.42 Å².